The van der Waals surface area contributed by atoms with Crippen LogP contribution in [0.2, 0.25) is 5.02 Å². The highest BCUT2D eigenvalue weighted by Crippen LogP contribution is 2.36. The number of amides is 1. The van der Waals surface area contributed by atoms with E-state index in [4.69, 9.17) is 16.3 Å². The second kappa shape index (κ2) is 8.06. The Labute approximate surface area is 176 Å². The van der Waals surface area contributed by atoms with Crippen molar-refractivity contribution in [1.29, 1.82) is 0 Å². The van der Waals surface area contributed by atoms with Crippen LogP contribution in [0.15, 0.2) is 53.8 Å². The van der Waals surface area contributed by atoms with Gasteiger partial charge in [0.2, 0.25) is 0 Å². The van der Waals surface area contributed by atoms with Crippen LogP contribution in [-0.4, -0.2) is 29.2 Å². The number of hydrogen-bond donors (Lipinski definition) is 2. The van der Waals surface area contributed by atoms with Gasteiger partial charge in [-0.2, -0.15) is 5.10 Å². The van der Waals surface area contributed by atoms with Gasteiger partial charge >= 0.3 is 0 Å². The van der Waals surface area contributed by atoms with Crippen molar-refractivity contribution in [3.63, 3.8) is 0 Å². The second-order valence-electron chi connectivity index (χ2n) is 6.26. The molecule has 2 N–H and O–H groups in total. The molecule has 1 amide bonds. The van der Waals surface area contributed by atoms with Gasteiger partial charge < -0.3 is 9.72 Å². The molecule has 2 aromatic carbocycles. The van der Waals surface area contributed by atoms with Crippen LogP contribution >= 0.6 is 22.9 Å². The molecule has 0 aliphatic carbocycles. The number of aromatic nitrogens is 2. The summed E-state index contributed by atoms with van der Waals surface area (Å²) in [4.78, 5) is 20.8. The van der Waals surface area contributed by atoms with E-state index in [9.17, 15) is 4.79 Å². The molecule has 29 heavy (non-hydrogen) atoms. The number of hydrogen-bond acceptors (Lipinski definition) is 5. The molecular weight excluding hydrogens is 408 g/mol. The minimum absolute atomic E-state index is 0.309. The Hall–Kier alpha value is -3.16. The number of H-pyrrole nitrogens is 1. The summed E-state index contributed by atoms with van der Waals surface area (Å²) in [7, 11) is 1.57. The quantitative estimate of drug-likeness (QED) is 0.348. The summed E-state index contributed by atoms with van der Waals surface area (Å²) in [5, 5.41) is 6.41. The van der Waals surface area contributed by atoms with Crippen LogP contribution in [-0.2, 0) is 0 Å². The van der Waals surface area contributed by atoms with E-state index in [2.05, 4.69) is 20.5 Å². The van der Waals surface area contributed by atoms with Crippen molar-refractivity contribution < 1.29 is 9.53 Å². The van der Waals surface area contributed by atoms with Crippen LogP contribution < -0.4 is 10.2 Å². The number of nitrogens with zero attached hydrogens (tertiary/aromatic N) is 2. The lowest BCUT2D eigenvalue weighted by atomic mass is 10.1. The van der Waals surface area contributed by atoms with Gasteiger partial charge in [-0.25, -0.2) is 10.4 Å². The molecule has 0 bridgehead atoms. The van der Waals surface area contributed by atoms with Crippen molar-refractivity contribution in [2.45, 2.75) is 6.92 Å². The Kier molecular flexibility index (Phi) is 5.33. The Morgan fingerprint density at radius 3 is 3.00 bits per heavy atom. The van der Waals surface area contributed by atoms with E-state index in [1.54, 1.807) is 32.4 Å². The number of ether oxygens (including phenoxy) is 1. The largest absolute Gasteiger partial charge is 0.496 e. The third kappa shape index (κ3) is 3.87. The predicted octanol–water partition coefficient (Wildman–Crippen LogP) is 5.03. The Bertz CT molecular complexity index is 1230. The second-order valence-corrected chi connectivity index (χ2v) is 7.70. The lowest BCUT2D eigenvalue weighted by molar-refractivity contribution is 0.0958. The lowest BCUT2D eigenvalue weighted by Crippen LogP contribution is -2.17. The predicted molar refractivity (Wildman–Crippen MR) is 117 cm³/mol. The molecule has 0 spiro atoms. The fourth-order valence-electron chi connectivity index (χ4n) is 3.00. The van der Waals surface area contributed by atoms with Gasteiger partial charge in [-0.3, -0.25) is 4.79 Å². The van der Waals surface area contributed by atoms with Gasteiger partial charge in [0.05, 0.1) is 24.6 Å². The van der Waals surface area contributed by atoms with Crippen molar-refractivity contribution in [2.24, 2.45) is 5.10 Å². The van der Waals surface area contributed by atoms with Gasteiger partial charge in [0.25, 0.3) is 5.91 Å². The van der Waals surface area contributed by atoms with Crippen LogP contribution in [0.1, 0.15) is 20.9 Å². The molecule has 0 aliphatic heterocycles. The Balaban J connectivity index is 1.55. The average Bonchev–Trinajstić information content (AvgIpc) is 3.34. The summed E-state index contributed by atoms with van der Waals surface area (Å²) in [5.74, 6) is 0.299. The maximum atomic E-state index is 12.6. The fourth-order valence-corrected chi connectivity index (χ4v) is 4.15. The van der Waals surface area contributed by atoms with Crippen molar-refractivity contribution >= 4 is 46.0 Å². The number of nitrogens with one attached hydrogen (secondary N) is 2. The molecule has 6 nitrogen and oxygen atoms in total. The first-order chi connectivity index (χ1) is 14.1. The molecule has 0 saturated heterocycles. The van der Waals surface area contributed by atoms with Crippen molar-refractivity contribution in [3.05, 3.63) is 69.8 Å². The molecule has 0 aliphatic rings. The molecule has 2 aromatic heterocycles. The monoisotopic (exact) mass is 424 g/mol. The summed E-state index contributed by atoms with van der Waals surface area (Å²) in [5.41, 5.74) is 5.92. The SMILES string of the molecule is COc1cc(Cl)ccc1-c1nc(C)c(C(=O)N/N=C/c2cccc3[nH]ccc23)s1. The highest BCUT2D eigenvalue weighted by molar-refractivity contribution is 7.17. The van der Waals surface area contributed by atoms with E-state index in [-0.39, 0.29) is 5.91 Å². The summed E-state index contributed by atoms with van der Waals surface area (Å²) in [6.45, 7) is 1.79. The van der Waals surface area contributed by atoms with Crippen molar-refractivity contribution in [1.82, 2.24) is 15.4 Å². The van der Waals surface area contributed by atoms with E-state index < -0.39 is 0 Å². The molecule has 0 unspecified atom stereocenters. The molecular formula is C21H17ClN4O2S. The summed E-state index contributed by atoms with van der Waals surface area (Å²) in [6, 6.07) is 13.1. The highest BCUT2D eigenvalue weighted by Gasteiger charge is 2.18. The zero-order valence-corrected chi connectivity index (χ0v) is 17.3. The summed E-state index contributed by atoms with van der Waals surface area (Å²) in [6.07, 6.45) is 3.50. The van der Waals surface area contributed by atoms with Crippen LogP contribution in [0.4, 0.5) is 0 Å². The van der Waals surface area contributed by atoms with E-state index >= 15 is 0 Å². The van der Waals surface area contributed by atoms with Gasteiger partial charge in [-0.15, -0.1) is 11.3 Å². The molecule has 2 heterocycles. The van der Waals surface area contributed by atoms with Gasteiger partial charge in [0, 0.05) is 27.7 Å². The molecule has 0 saturated carbocycles. The van der Waals surface area contributed by atoms with Gasteiger partial charge in [0.1, 0.15) is 15.6 Å². The number of fused-ring (bicyclic) bond motifs is 1. The van der Waals surface area contributed by atoms with Gasteiger partial charge in [-0.1, -0.05) is 23.7 Å². The number of aromatic amines is 1. The molecule has 146 valence electrons. The first kappa shape index (κ1) is 19.2. The number of methoxy groups -OCH3 is 1. The zero-order chi connectivity index (χ0) is 20.4. The van der Waals surface area contributed by atoms with Crippen LogP contribution in [0.3, 0.4) is 0 Å². The van der Waals surface area contributed by atoms with Crippen LogP contribution in [0, 0.1) is 6.92 Å². The summed E-state index contributed by atoms with van der Waals surface area (Å²) >= 11 is 7.31. The number of aryl methyl sites for hydroxylation is 1. The van der Waals surface area contributed by atoms with Gasteiger partial charge in [-0.05, 0) is 37.3 Å². The fraction of sp³-hybridized carbons (Fsp3) is 0.0952. The Morgan fingerprint density at radius 2 is 2.17 bits per heavy atom. The normalized spacial score (nSPS) is 11.3. The van der Waals surface area contributed by atoms with Crippen LogP contribution in [0.5, 0.6) is 5.75 Å². The topological polar surface area (TPSA) is 79.4 Å². The third-order valence-corrected chi connectivity index (χ3v) is 5.82. The van der Waals surface area contributed by atoms with Gasteiger partial charge in [0.15, 0.2) is 0 Å². The third-order valence-electron chi connectivity index (χ3n) is 4.40. The van der Waals surface area contributed by atoms with E-state index in [0.717, 1.165) is 22.0 Å². The summed E-state index contributed by atoms with van der Waals surface area (Å²) < 4.78 is 5.39. The molecule has 0 radical (unpaired) electrons. The molecule has 0 fully saturated rings. The van der Waals surface area contributed by atoms with Crippen LogP contribution in [0.25, 0.3) is 21.5 Å². The van der Waals surface area contributed by atoms with E-state index in [0.29, 0.717) is 26.4 Å². The number of carbonyl (C=O) groups is 1. The highest BCUT2D eigenvalue weighted by atomic mass is 35.5. The average molecular weight is 425 g/mol. The molecule has 0 atom stereocenters. The molecule has 4 aromatic rings. The standard InChI is InChI=1S/C21H17ClN4O2S/c1-12-19(29-21(25-12)16-7-6-14(22)10-18(16)28-2)20(27)26-24-11-13-4-3-5-17-15(13)8-9-23-17/h3-11,23H,1-2H3,(H,26,27)/b24-11+. The van der Waals surface area contributed by atoms with E-state index in [1.165, 1.54) is 11.3 Å². The maximum absolute atomic E-state index is 12.6. The molecule has 8 heteroatoms. The minimum Gasteiger partial charge on any atom is -0.496 e. The smallest absolute Gasteiger partial charge is 0.283 e. The number of benzene rings is 2. The number of halogens is 1. The van der Waals surface area contributed by atoms with Crippen molar-refractivity contribution in [2.75, 3.05) is 7.11 Å². The zero-order valence-electron chi connectivity index (χ0n) is 15.7. The van der Waals surface area contributed by atoms with E-state index in [1.807, 2.05) is 36.5 Å². The Morgan fingerprint density at radius 1 is 1.31 bits per heavy atom. The first-order valence-electron chi connectivity index (χ1n) is 8.77. The molecule has 4 rings (SSSR count). The number of carbonyl (C=O) groups excluding carboxylic acids is 1. The van der Waals surface area contributed by atoms with Crippen molar-refractivity contribution in [3.8, 4) is 16.3 Å². The first-order valence-corrected chi connectivity index (χ1v) is 9.97. The minimum atomic E-state index is -0.309. The lowest BCUT2D eigenvalue weighted by Gasteiger charge is -2.05. The number of hydrazone groups is 1. The number of thiazole rings is 1. The number of rotatable bonds is 5. The maximum Gasteiger partial charge on any atom is 0.283 e.